The van der Waals surface area contributed by atoms with E-state index >= 15 is 0 Å². The van der Waals surface area contributed by atoms with Crippen LogP contribution >= 0.6 is 0 Å². The zero-order valence-corrected chi connectivity index (χ0v) is 22.8. The van der Waals surface area contributed by atoms with Crippen LogP contribution in [-0.2, 0) is 11.2 Å². The van der Waals surface area contributed by atoms with Gasteiger partial charge in [0.2, 0.25) is 5.69 Å². The van der Waals surface area contributed by atoms with Gasteiger partial charge in [-0.2, -0.15) is 0 Å². The van der Waals surface area contributed by atoms with Crippen molar-refractivity contribution in [3.05, 3.63) is 64.6 Å². The Bertz CT molecular complexity index is 1340. The van der Waals surface area contributed by atoms with Crippen molar-refractivity contribution in [2.24, 2.45) is 5.92 Å². The van der Waals surface area contributed by atoms with Gasteiger partial charge in [0.05, 0.1) is 12.1 Å². The lowest BCUT2D eigenvalue weighted by Crippen LogP contribution is -2.35. The van der Waals surface area contributed by atoms with Gasteiger partial charge in [0.25, 0.3) is 0 Å². The number of nitrogens with zero attached hydrogens (tertiary/aromatic N) is 3. The lowest BCUT2D eigenvalue weighted by Gasteiger charge is -2.22. The summed E-state index contributed by atoms with van der Waals surface area (Å²) < 4.78 is 12.2. The molecule has 7 heteroatoms. The fourth-order valence-corrected chi connectivity index (χ4v) is 4.65. The highest BCUT2D eigenvalue weighted by atomic mass is 16.5. The van der Waals surface area contributed by atoms with E-state index in [0.29, 0.717) is 64.9 Å². The molecular weight excluding hydrogens is 478 g/mol. The Labute approximate surface area is 225 Å². The van der Waals surface area contributed by atoms with Crippen LogP contribution in [0.3, 0.4) is 0 Å². The Morgan fingerprint density at radius 1 is 1.13 bits per heavy atom. The van der Waals surface area contributed by atoms with Gasteiger partial charge in [0.15, 0.2) is 0 Å². The summed E-state index contributed by atoms with van der Waals surface area (Å²) in [6, 6.07) is 9.13. The molecule has 2 aromatic carbocycles. The first kappa shape index (κ1) is 27.6. The van der Waals surface area contributed by atoms with Gasteiger partial charge in [0, 0.05) is 31.0 Å². The van der Waals surface area contributed by atoms with E-state index in [-0.39, 0.29) is 6.61 Å². The molecule has 0 aliphatic heterocycles. The minimum absolute atomic E-state index is 0.0920. The van der Waals surface area contributed by atoms with Crippen LogP contribution in [0.15, 0.2) is 36.5 Å². The van der Waals surface area contributed by atoms with Gasteiger partial charge in [-0.3, -0.25) is 9.78 Å². The topological polar surface area (TPSA) is 76.2 Å². The molecule has 1 heterocycles. The summed E-state index contributed by atoms with van der Waals surface area (Å²) in [6.45, 7) is 18.1. The number of fused-ring (bicyclic) bond motifs is 1. The molecule has 0 spiro atoms. The van der Waals surface area contributed by atoms with Crippen LogP contribution in [0.2, 0.25) is 0 Å². The number of likely N-dealkylation sites (N-methyl/N-ethyl adjacent to an activating group) is 1. The molecule has 3 aromatic rings. The number of pyridine rings is 1. The first-order valence-electron chi connectivity index (χ1n) is 13.4. The van der Waals surface area contributed by atoms with E-state index in [2.05, 4.69) is 28.6 Å². The maximum absolute atomic E-state index is 12.4. The molecule has 0 bridgehead atoms. The third kappa shape index (κ3) is 6.69. The zero-order valence-electron chi connectivity index (χ0n) is 22.8. The molecule has 4 rings (SSSR count). The molecule has 38 heavy (non-hydrogen) atoms. The minimum Gasteiger partial charge on any atom is -0.502 e. The van der Waals surface area contributed by atoms with Crippen LogP contribution in [0, 0.1) is 26.3 Å². The molecule has 1 atom stereocenters. The van der Waals surface area contributed by atoms with Crippen molar-refractivity contribution in [3.63, 3.8) is 0 Å². The Kier molecular flexibility index (Phi) is 8.98. The van der Waals surface area contributed by atoms with Crippen molar-refractivity contribution in [2.45, 2.75) is 59.5 Å². The van der Waals surface area contributed by atoms with E-state index in [1.165, 1.54) is 12.8 Å². The number of aliphatic hydroxyl groups is 1. The predicted octanol–water partition coefficient (Wildman–Crippen LogP) is 6.19. The van der Waals surface area contributed by atoms with Gasteiger partial charge in [-0.05, 0) is 86.7 Å². The highest BCUT2D eigenvalue weighted by Crippen LogP contribution is 2.39. The minimum atomic E-state index is -0.662. The standard InChI is InChI=1S/C31H37N3O4/c1-6-34(7-2)18-25(36)19-37-31-17-27-26(16-28(31)32-5)30(12-13-33-27)38-29-11-10-23(20(3)21(29)4)15-24(35)14-22-8-9-22/h10-13,16-17,22,25,36H,6-9,14-15,18-19H2,1-4H3/t25-/m1/s1. The Hall–Kier alpha value is -3.47. The summed E-state index contributed by atoms with van der Waals surface area (Å²) in [7, 11) is 0. The van der Waals surface area contributed by atoms with E-state index in [4.69, 9.17) is 16.0 Å². The largest absolute Gasteiger partial charge is 0.502 e. The second kappa shape index (κ2) is 12.4. The van der Waals surface area contributed by atoms with Crippen molar-refractivity contribution in [2.75, 3.05) is 26.2 Å². The normalized spacial score (nSPS) is 13.9. The number of ether oxygens (including phenoxy) is 2. The number of hydrogen-bond donors (Lipinski definition) is 1. The second-order valence-electron chi connectivity index (χ2n) is 10.1. The van der Waals surface area contributed by atoms with E-state index in [1.54, 1.807) is 24.4 Å². The maximum Gasteiger partial charge on any atom is 0.229 e. The van der Waals surface area contributed by atoms with Crippen molar-refractivity contribution >= 4 is 22.4 Å². The summed E-state index contributed by atoms with van der Waals surface area (Å²) >= 11 is 0. The summed E-state index contributed by atoms with van der Waals surface area (Å²) in [5.41, 5.74) is 4.06. The van der Waals surface area contributed by atoms with Gasteiger partial charge in [0.1, 0.15) is 35.7 Å². The van der Waals surface area contributed by atoms with Crippen molar-refractivity contribution in [1.82, 2.24) is 9.88 Å². The molecule has 0 amide bonds. The molecule has 1 saturated carbocycles. The third-order valence-corrected chi connectivity index (χ3v) is 7.37. The number of carbonyl (C=O) groups excluding carboxylic acids is 1. The first-order valence-corrected chi connectivity index (χ1v) is 13.4. The molecule has 0 saturated heterocycles. The molecule has 1 aromatic heterocycles. The number of benzene rings is 2. The van der Waals surface area contributed by atoms with Gasteiger partial charge >= 0.3 is 0 Å². The van der Waals surface area contributed by atoms with Crippen molar-refractivity contribution < 1.29 is 19.4 Å². The molecule has 1 fully saturated rings. The highest BCUT2D eigenvalue weighted by Gasteiger charge is 2.24. The first-order chi connectivity index (χ1) is 18.3. The van der Waals surface area contributed by atoms with Crippen LogP contribution in [0.4, 0.5) is 5.69 Å². The van der Waals surface area contributed by atoms with Crippen LogP contribution in [0.5, 0.6) is 17.2 Å². The smallest absolute Gasteiger partial charge is 0.229 e. The predicted molar refractivity (Wildman–Crippen MR) is 149 cm³/mol. The number of hydrogen-bond acceptors (Lipinski definition) is 6. The maximum atomic E-state index is 12.4. The van der Waals surface area contributed by atoms with Gasteiger partial charge in [-0.1, -0.05) is 19.9 Å². The molecule has 1 N–H and O–H groups in total. The molecule has 0 unspecified atom stereocenters. The average molecular weight is 516 g/mol. The summed E-state index contributed by atoms with van der Waals surface area (Å²) in [5, 5.41) is 11.1. The van der Waals surface area contributed by atoms with E-state index in [9.17, 15) is 9.90 Å². The number of rotatable bonds is 13. The van der Waals surface area contributed by atoms with Gasteiger partial charge in [-0.15, -0.1) is 0 Å². The van der Waals surface area contributed by atoms with Crippen LogP contribution in [0.1, 0.15) is 49.8 Å². The molecule has 0 radical (unpaired) electrons. The lowest BCUT2D eigenvalue weighted by atomic mass is 9.97. The Morgan fingerprint density at radius 2 is 1.89 bits per heavy atom. The fraction of sp³-hybridized carbons (Fsp3) is 0.452. The second-order valence-corrected chi connectivity index (χ2v) is 10.1. The average Bonchev–Trinajstić information content (AvgIpc) is 3.73. The van der Waals surface area contributed by atoms with Crippen LogP contribution in [0.25, 0.3) is 15.7 Å². The zero-order chi connectivity index (χ0) is 27.2. The quantitative estimate of drug-likeness (QED) is 0.274. The Balaban J connectivity index is 1.53. The van der Waals surface area contributed by atoms with Gasteiger partial charge < -0.3 is 19.5 Å². The van der Waals surface area contributed by atoms with Gasteiger partial charge in [-0.25, -0.2) is 4.85 Å². The van der Waals surface area contributed by atoms with E-state index in [1.807, 2.05) is 26.0 Å². The highest BCUT2D eigenvalue weighted by molar-refractivity contribution is 5.91. The van der Waals surface area contributed by atoms with E-state index in [0.717, 1.165) is 29.8 Å². The number of ketones is 1. The van der Waals surface area contributed by atoms with Crippen LogP contribution < -0.4 is 9.47 Å². The molecular formula is C31H37N3O4. The van der Waals surface area contributed by atoms with E-state index < -0.39 is 6.10 Å². The number of Topliss-reactive ketones (excluding diaryl/α,β-unsaturated/α-hetero) is 1. The van der Waals surface area contributed by atoms with Crippen molar-refractivity contribution in [1.29, 1.82) is 0 Å². The van der Waals surface area contributed by atoms with Crippen molar-refractivity contribution in [3.8, 4) is 17.2 Å². The number of aromatic nitrogens is 1. The number of carbonyl (C=O) groups is 1. The van der Waals surface area contributed by atoms with Crippen LogP contribution in [-0.4, -0.2) is 53.1 Å². The molecule has 1 aliphatic rings. The monoisotopic (exact) mass is 515 g/mol. The fourth-order valence-electron chi connectivity index (χ4n) is 4.65. The summed E-state index contributed by atoms with van der Waals surface area (Å²) in [4.78, 5) is 22.6. The summed E-state index contributed by atoms with van der Waals surface area (Å²) in [5.74, 6) is 2.58. The Morgan fingerprint density at radius 3 is 2.58 bits per heavy atom. The molecule has 1 aliphatic carbocycles. The summed E-state index contributed by atoms with van der Waals surface area (Å²) in [6.07, 6.45) is 4.51. The molecule has 7 nitrogen and oxygen atoms in total. The lowest BCUT2D eigenvalue weighted by molar-refractivity contribution is -0.118. The third-order valence-electron chi connectivity index (χ3n) is 7.37. The number of aliphatic hydroxyl groups excluding tert-OH is 1. The SMILES string of the molecule is [C-]#[N+]c1cc2c(Oc3ccc(CC(=O)CC4CC4)c(C)c3C)ccnc2cc1OC[C@H](O)CN(CC)CC. The molecule has 200 valence electrons.